The Morgan fingerprint density at radius 3 is 2.72 bits per heavy atom. The molecule has 4 nitrogen and oxygen atoms in total. The van der Waals surface area contributed by atoms with Crippen LogP contribution in [0.2, 0.25) is 0 Å². The maximum absolute atomic E-state index is 11.0. The van der Waals surface area contributed by atoms with Crippen LogP contribution in [-0.4, -0.2) is 16.8 Å². The van der Waals surface area contributed by atoms with Crippen LogP contribution in [0, 0.1) is 6.92 Å². The molecule has 18 heavy (non-hydrogen) atoms. The first-order valence-corrected chi connectivity index (χ1v) is 5.86. The molecular weight excluding hydrogens is 230 g/mol. The van der Waals surface area contributed by atoms with Gasteiger partial charge in [0.15, 0.2) is 11.4 Å². The lowest BCUT2D eigenvalue weighted by Crippen LogP contribution is -2.42. The molecule has 1 atom stereocenters. The molecule has 1 aliphatic rings. The van der Waals surface area contributed by atoms with Gasteiger partial charge < -0.3 is 15.2 Å². The summed E-state index contributed by atoms with van der Waals surface area (Å²) in [5, 5.41) is 12.0. The monoisotopic (exact) mass is 247 g/mol. The van der Waals surface area contributed by atoms with Crippen molar-refractivity contribution in [3.63, 3.8) is 0 Å². The number of nitrogens with one attached hydrogen (secondary N) is 1. The van der Waals surface area contributed by atoms with Gasteiger partial charge in [-0.1, -0.05) is 29.8 Å². The number of aliphatic carboxylic acids is 1. The van der Waals surface area contributed by atoms with Crippen LogP contribution in [0.1, 0.15) is 25.0 Å². The third-order valence-corrected chi connectivity index (χ3v) is 2.96. The van der Waals surface area contributed by atoms with Crippen molar-refractivity contribution < 1.29 is 14.6 Å². The van der Waals surface area contributed by atoms with E-state index in [1.807, 2.05) is 32.0 Å². The van der Waals surface area contributed by atoms with E-state index in [4.69, 9.17) is 9.84 Å². The average Bonchev–Trinajstić information content (AvgIpc) is 2.54. The summed E-state index contributed by atoms with van der Waals surface area (Å²) in [6.07, 6.45) is 0.614. The van der Waals surface area contributed by atoms with Gasteiger partial charge in [0.05, 0.1) is 0 Å². The lowest BCUT2D eigenvalue weighted by Gasteiger charge is -2.26. The Balaban J connectivity index is 2.15. The highest BCUT2D eigenvalue weighted by molar-refractivity contribution is 5.87. The fourth-order valence-electron chi connectivity index (χ4n) is 2.26. The molecule has 0 saturated carbocycles. The second kappa shape index (κ2) is 4.37. The topological polar surface area (TPSA) is 58.6 Å². The maximum Gasteiger partial charge on any atom is 0.355 e. The Bertz CT molecular complexity index is 522. The number of rotatable bonds is 3. The summed E-state index contributed by atoms with van der Waals surface area (Å²) in [4.78, 5) is 11.0. The number of carboxylic acid groups (broad SMARTS) is 1. The maximum atomic E-state index is 11.0. The lowest BCUT2D eigenvalue weighted by molar-refractivity contribution is -0.133. The summed E-state index contributed by atoms with van der Waals surface area (Å²) < 4.78 is 5.65. The molecule has 2 N–H and O–H groups in total. The van der Waals surface area contributed by atoms with Gasteiger partial charge in [-0.15, -0.1) is 0 Å². The fourth-order valence-corrected chi connectivity index (χ4v) is 2.26. The first kappa shape index (κ1) is 12.5. The molecule has 0 fully saturated rings. The van der Waals surface area contributed by atoms with Gasteiger partial charge in [0.2, 0.25) is 0 Å². The predicted molar refractivity (Wildman–Crippen MR) is 67.8 cm³/mol. The van der Waals surface area contributed by atoms with E-state index < -0.39 is 11.7 Å². The number of benzene rings is 1. The van der Waals surface area contributed by atoms with Gasteiger partial charge in [-0.25, -0.2) is 4.79 Å². The van der Waals surface area contributed by atoms with Crippen LogP contribution < -0.4 is 5.32 Å². The summed E-state index contributed by atoms with van der Waals surface area (Å²) >= 11 is 0. The minimum Gasteiger partial charge on any atom is -0.476 e. The Morgan fingerprint density at radius 2 is 2.17 bits per heavy atom. The van der Waals surface area contributed by atoms with E-state index in [0.717, 1.165) is 5.56 Å². The summed E-state index contributed by atoms with van der Waals surface area (Å²) in [5.74, 6) is -0.557. The molecule has 1 unspecified atom stereocenters. The van der Waals surface area contributed by atoms with Crippen molar-refractivity contribution in [1.82, 2.24) is 5.32 Å². The molecule has 0 saturated heterocycles. The first-order valence-electron chi connectivity index (χ1n) is 5.86. The number of carbonyl (C=O) groups is 1. The van der Waals surface area contributed by atoms with Crippen LogP contribution in [0.5, 0.6) is 0 Å². The van der Waals surface area contributed by atoms with Crippen molar-refractivity contribution >= 4 is 5.97 Å². The summed E-state index contributed by atoms with van der Waals surface area (Å²) in [5.41, 5.74) is 1.75. The van der Waals surface area contributed by atoms with E-state index in [0.29, 0.717) is 12.2 Å². The molecule has 0 amide bonds. The number of hydrogen-bond donors (Lipinski definition) is 2. The molecule has 1 aromatic carbocycles. The van der Waals surface area contributed by atoms with E-state index in [-0.39, 0.29) is 5.70 Å². The number of aryl methyl sites for hydroxylation is 1. The molecule has 0 bridgehead atoms. The standard InChI is InChI=1S/C14H17NO3/c1-9-5-4-6-11(7-9)8-14(3)15-12(13(16)17)10(2)18-14/h4-7,15H,8H2,1-3H3,(H,16,17). The minimum absolute atomic E-state index is 0.144. The van der Waals surface area contributed by atoms with Gasteiger partial charge in [0.25, 0.3) is 0 Å². The molecule has 96 valence electrons. The van der Waals surface area contributed by atoms with E-state index >= 15 is 0 Å². The van der Waals surface area contributed by atoms with Gasteiger partial charge in [-0.05, 0) is 26.3 Å². The van der Waals surface area contributed by atoms with E-state index in [1.54, 1.807) is 6.92 Å². The van der Waals surface area contributed by atoms with E-state index in [1.165, 1.54) is 5.56 Å². The van der Waals surface area contributed by atoms with Gasteiger partial charge in [-0.2, -0.15) is 0 Å². The van der Waals surface area contributed by atoms with Crippen molar-refractivity contribution in [1.29, 1.82) is 0 Å². The van der Waals surface area contributed by atoms with Gasteiger partial charge in [-0.3, -0.25) is 0 Å². The van der Waals surface area contributed by atoms with Gasteiger partial charge in [0.1, 0.15) is 5.76 Å². The zero-order valence-corrected chi connectivity index (χ0v) is 10.8. The van der Waals surface area contributed by atoms with Crippen molar-refractivity contribution in [2.24, 2.45) is 0 Å². The first-order chi connectivity index (χ1) is 8.39. The second-order valence-corrected chi connectivity index (χ2v) is 4.86. The lowest BCUT2D eigenvalue weighted by atomic mass is 10.0. The van der Waals surface area contributed by atoms with Crippen LogP contribution in [0.3, 0.4) is 0 Å². The van der Waals surface area contributed by atoms with Gasteiger partial charge >= 0.3 is 5.97 Å². The Morgan fingerprint density at radius 1 is 1.44 bits per heavy atom. The van der Waals surface area contributed by atoms with Crippen molar-refractivity contribution in [2.45, 2.75) is 32.9 Å². The number of hydrogen-bond acceptors (Lipinski definition) is 3. The van der Waals surface area contributed by atoms with E-state index in [2.05, 4.69) is 11.4 Å². The molecule has 2 rings (SSSR count). The average molecular weight is 247 g/mol. The Labute approximate surface area is 106 Å². The SMILES string of the molecule is CC1=C(C(=O)O)NC(C)(Cc2cccc(C)c2)O1. The molecular formula is C14H17NO3. The number of carboxylic acids is 1. The second-order valence-electron chi connectivity index (χ2n) is 4.86. The Hall–Kier alpha value is -1.97. The summed E-state index contributed by atoms with van der Waals surface area (Å²) in [6.45, 7) is 5.55. The van der Waals surface area contributed by atoms with Gasteiger partial charge in [0, 0.05) is 6.42 Å². The smallest absolute Gasteiger partial charge is 0.355 e. The van der Waals surface area contributed by atoms with Crippen LogP contribution in [0.25, 0.3) is 0 Å². The highest BCUT2D eigenvalue weighted by Crippen LogP contribution is 2.27. The third-order valence-electron chi connectivity index (χ3n) is 2.96. The molecule has 1 aliphatic heterocycles. The Kier molecular flexibility index (Phi) is 3.03. The molecule has 0 radical (unpaired) electrons. The number of ether oxygens (including phenoxy) is 1. The predicted octanol–water partition coefficient (Wildman–Crippen LogP) is 2.19. The molecule has 0 spiro atoms. The largest absolute Gasteiger partial charge is 0.476 e. The molecule has 4 heteroatoms. The van der Waals surface area contributed by atoms with Crippen molar-refractivity contribution in [2.75, 3.05) is 0 Å². The summed E-state index contributed by atoms with van der Waals surface area (Å²) in [7, 11) is 0. The van der Waals surface area contributed by atoms with Crippen LogP contribution in [0.15, 0.2) is 35.7 Å². The third kappa shape index (κ3) is 2.47. The molecule has 0 aliphatic carbocycles. The normalized spacial score (nSPS) is 22.6. The quantitative estimate of drug-likeness (QED) is 0.859. The van der Waals surface area contributed by atoms with Crippen LogP contribution in [0.4, 0.5) is 0 Å². The minimum atomic E-state index is -0.986. The fraction of sp³-hybridized carbons (Fsp3) is 0.357. The molecule has 1 aromatic rings. The van der Waals surface area contributed by atoms with Crippen LogP contribution in [-0.2, 0) is 16.0 Å². The number of allylic oxidation sites excluding steroid dienone is 1. The van der Waals surface area contributed by atoms with E-state index in [9.17, 15) is 4.79 Å². The highest BCUT2D eigenvalue weighted by Gasteiger charge is 2.37. The molecule has 1 heterocycles. The van der Waals surface area contributed by atoms with Crippen LogP contribution >= 0.6 is 0 Å². The van der Waals surface area contributed by atoms with Crippen molar-refractivity contribution in [3.05, 3.63) is 46.8 Å². The van der Waals surface area contributed by atoms with Crippen molar-refractivity contribution in [3.8, 4) is 0 Å². The zero-order valence-electron chi connectivity index (χ0n) is 10.8. The zero-order chi connectivity index (χ0) is 13.3. The highest BCUT2D eigenvalue weighted by atomic mass is 16.5. The summed E-state index contributed by atoms with van der Waals surface area (Å²) in [6, 6.07) is 8.10. The molecule has 0 aromatic heterocycles.